The van der Waals surface area contributed by atoms with E-state index < -0.39 is 0 Å². The highest BCUT2D eigenvalue weighted by atomic mass is 16.2. The molecule has 2 aromatic carbocycles. The molecular weight excluding hydrogens is 412 g/mol. The predicted molar refractivity (Wildman–Crippen MR) is 132 cm³/mol. The summed E-state index contributed by atoms with van der Waals surface area (Å²) in [4.78, 5) is 30.1. The number of amides is 1. The second kappa shape index (κ2) is 8.86. The molecule has 1 aliphatic heterocycles. The number of pyridine rings is 1. The smallest absolute Gasteiger partial charge is 0.227 e. The van der Waals surface area contributed by atoms with Crippen LogP contribution in [0, 0.1) is 0 Å². The summed E-state index contributed by atoms with van der Waals surface area (Å²) in [6.07, 6.45) is 1.85. The first-order chi connectivity index (χ1) is 16.1. The van der Waals surface area contributed by atoms with E-state index in [4.69, 9.17) is 9.97 Å². The van der Waals surface area contributed by atoms with Crippen molar-refractivity contribution < 1.29 is 4.79 Å². The van der Waals surface area contributed by atoms with Gasteiger partial charge in [0.1, 0.15) is 0 Å². The number of fused-ring (bicyclic) bond motifs is 1. The van der Waals surface area contributed by atoms with Crippen molar-refractivity contribution in [2.75, 3.05) is 43.4 Å². The molecule has 0 aliphatic carbocycles. The normalized spacial score (nSPS) is 13.9. The zero-order valence-corrected chi connectivity index (χ0v) is 18.8. The molecule has 1 fully saturated rings. The van der Waals surface area contributed by atoms with Gasteiger partial charge in [-0.1, -0.05) is 42.5 Å². The van der Waals surface area contributed by atoms with Crippen molar-refractivity contribution in [2.24, 2.45) is 0 Å². The average molecular weight is 439 g/mol. The van der Waals surface area contributed by atoms with E-state index in [9.17, 15) is 4.79 Å². The Balaban J connectivity index is 1.57. The number of hydrogen-bond donors (Lipinski definition) is 1. The molecule has 0 bridgehead atoms. The van der Waals surface area contributed by atoms with Crippen LogP contribution in [0.1, 0.15) is 6.92 Å². The molecule has 1 N–H and O–H groups in total. The fourth-order valence-electron chi connectivity index (χ4n) is 4.18. The molecule has 1 aliphatic rings. The van der Waals surface area contributed by atoms with Crippen LogP contribution >= 0.6 is 0 Å². The van der Waals surface area contributed by atoms with E-state index in [1.807, 2.05) is 36.3 Å². The van der Waals surface area contributed by atoms with Crippen LogP contribution in [0.3, 0.4) is 0 Å². The van der Waals surface area contributed by atoms with E-state index in [1.54, 1.807) is 6.92 Å². The number of carbonyl (C=O) groups excluding carboxylic acids is 1. The monoisotopic (exact) mass is 438 g/mol. The number of nitrogens with one attached hydrogen (secondary N) is 1. The minimum atomic E-state index is 0.109. The van der Waals surface area contributed by atoms with E-state index in [1.165, 1.54) is 0 Å². The minimum absolute atomic E-state index is 0.109. The maximum absolute atomic E-state index is 11.6. The van der Waals surface area contributed by atoms with Crippen molar-refractivity contribution in [1.82, 2.24) is 19.9 Å². The van der Waals surface area contributed by atoms with Gasteiger partial charge < -0.3 is 15.1 Å². The SMILES string of the molecule is CNc1ccc(-c2nc3nc(N4CCN(C(C)=O)CC4)ncc3cc2-c2ccccc2)cc1. The summed E-state index contributed by atoms with van der Waals surface area (Å²) >= 11 is 0. The predicted octanol–water partition coefficient (Wildman–Crippen LogP) is 4.07. The van der Waals surface area contributed by atoms with Gasteiger partial charge in [-0.2, -0.15) is 4.98 Å². The fourth-order valence-corrected chi connectivity index (χ4v) is 4.18. The molecule has 0 radical (unpaired) electrons. The van der Waals surface area contributed by atoms with Gasteiger partial charge in [-0.3, -0.25) is 4.79 Å². The molecule has 166 valence electrons. The Hall–Kier alpha value is -4.00. The maximum atomic E-state index is 11.6. The highest BCUT2D eigenvalue weighted by Crippen LogP contribution is 2.33. The molecule has 7 heteroatoms. The lowest BCUT2D eigenvalue weighted by Gasteiger charge is -2.34. The zero-order chi connectivity index (χ0) is 22.8. The Morgan fingerprint density at radius 1 is 0.909 bits per heavy atom. The first kappa shape index (κ1) is 20.9. The summed E-state index contributed by atoms with van der Waals surface area (Å²) in [5, 5.41) is 4.06. The van der Waals surface area contributed by atoms with Crippen molar-refractivity contribution in [1.29, 1.82) is 0 Å². The molecule has 4 aromatic rings. The van der Waals surface area contributed by atoms with E-state index in [0.717, 1.165) is 33.5 Å². The fraction of sp³-hybridized carbons (Fsp3) is 0.231. The Kier molecular flexibility index (Phi) is 5.60. The third-order valence-corrected chi connectivity index (χ3v) is 6.10. The number of rotatable bonds is 4. The van der Waals surface area contributed by atoms with Crippen LogP contribution in [-0.2, 0) is 4.79 Å². The van der Waals surface area contributed by atoms with Gasteiger partial charge in [0.05, 0.1) is 5.69 Å². The van der Waals surface area contributed by atoms with Crippen molar-refractivity contribution in [3.05, 3.63) is 66.9 Å². The van der Waals surface area contributed by atoms with Crippen LogP contribution in [0.4, 0.5) is 11.6 Å². The largest absolute Gasteiger partial charge is 0.388 e. The average Bonchev–Trinajstić information content (AvgIpc) is 2.88. The van der Waals surface area contributed by atoms with Crippen molar-refractivity contribution >= 4 is 28.6 Å². The Bertz CT molecular complexity index is 1280. The summed E-state index contributed by atoms with van der Waals surface area (Å²) in [5.41, 5.74) is 5.79. The summed E-state index contributed by atoms with van der Waals surface area (Å²) in [7, 11) is 1.91. The van der Waals surface area contributed by atoms with E-state index in [0.29, 0.717) is 37.8 Å². The molecule has 0 saturated carbocycles. The number of aromatic nitrogens is 3. The second-order valence-electron chi connectivity index (χ2n) is 8.15. The van der Waals surface area contributed by atoms with Crippen LogP contribution < -0.4 is 10.2 Å². The number of carbonyl (C=O) groups is 1. The number of piperazine rings is 1. The minimum Gasteiger partial charge on any atom is -0.388 e. The Labute approximate surface area is 193 Å². The maximum Gasteiger partial charge on any atom is 0.227 e. The highest BCUT2D eigenvalue weighted by Gasteiger charge is 2.21. The molecular formula is C26H26N6O. The number of nitrogens with zero attached hydrogens (tertiary/aromatic N) is 5. The lowest BCUT2D eigenvalue weighted by molar-refractivity contribution is -0.129. The molecule has 0 spiro atoms. The quantitative estimate of drug-likeness (QED) is 0.518. The molecule has 33 heavy (non-hydrogen) atoms. The molecule has 1 amide bonds. The molecule has 7 nitrogen and oxygen atoms in total. The molecule has 0 unspecified atom stereocenters. The summed E-state index contributed by atoms with van der Waals surface area (Å²) < 4.78 is 0. The first-order valence-electron chi connectivity index (χ1n) is 11.1. The highest BCUT2D eigenvalue weighted by molar-refractivity contribution is 5.90. The summed E-state index contributed by atoms with van der Waals surface area (Å²) in [6.45, 7) is 4.40. The molecule has 5 rings (SSSR count). The van der Waals surface area contributed by atoms with Gasteiger partial charge in [0.15, 0.2) is 5.65 Å². The number of benzene rings is 2. The molecule has 1 saturated heterocycles. The third-order valence-electron chi connectivity index (χ3n) is 6.10. The van der Waals surface area contributed by atoms with Gasteiger partial charge in [-0.05, 0) is 23.8 Å². The number of anilines is 2. The molecule has 0 atom stereocenters. The lowest BCUT2D eigenvalue weighted by Crippen LogP contribution is -2.48. The van der Waals surface area contributed by atoms with E-state index in [-0.39, 0.29) is 5.91 Å². The van der Waals surface area contributed by atoms with Crippen LogP contribution in [0.15, 0.2) is 66.9 Å². The van der Waals surface area contributed by atoms with Crippen LogP contribution in [0.2, 0.25) is 0 Å². The van der Waals surface area contributed by atoms with Gasteiger partial charge in [-0.15, -0.1) is 0 Å². The van der Waals surface area contributed by atoms with Gasteiger partial charge in [0.25, 0.3) is 0 Å². The zero-order valence-electron chi connectivity index (χ0n) is 18.8. The second-order valence-corrected chi connectivity index (χ2v) is 8.15. The standard InChI is InChI=1S/C26H26N6O/c1-18(33)31-12-14-32(15-13-31)26-28-17-21-16-23(19-6-4-3-5-7-19)24(29-25(21)30-26)20-8-10-22(27-2)11-9-20/h3-11,16-17,27H,12-15H2,1-2H3. The Morgan fingerprint density at radius 3 is 2.30 bits per heavy atom. The summed E-state index contributed by atoms with van der Waals surface area (Å²) in [5.74, 6) is 0.764. The first-order valence-corrected chi connectivity index (χ1v) is 11.1. The van der Waals surface area contributed by atoms with Gasteiger partial charge >= 0.3 is 0 Å². The van der Waals surface area contributed by atoms with Crippen LogP contribution in [0.5, 0.6) is 0 Å². The third kappa shape index (κ3) is 4.22. The lowest BCUT2D eigenvalue weighted by atomic mass is 9.98. The van der Waals surface area contributed by atoms with Crippen molar-refractivity contribution in [3.63, 3.8) is 0 Å². The van der Waals surface area contributed by atoms with Gasteiger partial charge in [0, 0.05) is 68.5 Å². The van der Waals surface area contributed by atoms with E-state index in [2.05, 4.69) is 57.7 Å². The topological polar surface area (TPSA) is 74.2 Å². The Morgan fingerprint density at radius 2 is 1.64 bits per heavy atom. The number of hydrogen-bond acceptors (Lipinski definition) is 6. The van der Waals surface area contributed by atoms with Gasteiger partial charge in [-0.25, -0.2) is 9.97 Å². The van der Waals surface area contributed by atoms with Crippen molar-refractivity contribution in [3.8, 4) is 22.4 Å². The van der Waals surface area contributed by atoms with Crippen molar-refractivity contribution in [2.45, 2.75) is 6.92 Å². The van der Waals surface area contributed by atoms with Crippen LogP contribution in [-0.4, -0.2) is 59.0 Å². The van der Waals surface area contributed by atoms with E-state index >= 15 is 0 Å². The molecule has 3 heterocycles. The van der Waals surface area contributed by atoms with Gasteiger partial charge in [0.2, 0.25) is 11.9 Å². The molecule has 2 aromatic heterocycles. The van der Waals surface area contributed by atoms with Crippen LogP contribution in [0.25, 0.3) is 33.4 Å². The summed E-state index contributed by atoms with van der Waals surface area (Å²) in [6, 6.07) is 20.7.